The largest absolute Gasteiger partial charge is 0.143 e. The molecule has 0 fully saturated rings. The molecule has 4 heterocycles. The van der Waals surface area contributed by atoms with Crippen LogP contribution in [0.4, 0.5) is 0 Å². The minimum absolute atomic E-state index is 1.18. The third-order valence-corrected chi connectivity index (χ3v) is 28.0. The Hall–Kier alpha value is -4.77. The fourth-order valence-corrected chi connectivity index (χ4v) is 18.2. The van der Waals surface area contributed by atoms with Crippen molar-refractivity contribution >= 4 is 115 Å². The monoisotopic (exact) mass is 906 g/mol. The SMILES string of the molecule is CC[Si](C#Cc1c2cc(-c3ccc(-c4cccs4)s3)ccc2c2ccc3c(C#C[Si](CC)(CC)CC)c4cc(-c5ccc(-c6cccs6)s5)ccc4c4ccc1c2c34)(CC)CC. The van der Waals surface area contributed by atoms with E-state index < -0.39 is 16.1 Å². The highest BCUT2D eigenvalue weighted by atomic mass is 32.1. The van der Waals surface area contributed by atoms with Crippen molar-refractivity contribution in [2.24, 2.45) is 0 Å². The molecule has 0 amide bonds. The van der Waals surface area contributed by atoms with E-state index in [0.29, 0.717) is 0 Å². The van der Waals surface area contributed by atoms with Gasteiger partial charge in [0, 0.05) is 40.4 Å². The first-order valence-electron chi connectivity index (χ1n) is 22.3. The van der Waals surface area contributed by atoms with Gasteiger partial charge in [-0.3, -0.25) is 0 Å². The normalized spacial score (nSPS) is 12.2. The molecular formula is C56H50S4Si2. The van der Waals surface area contributed by atoms with Crippen LogP contribution in [0.25, 0.3) is 94.3 Å². The van der Waals surface area contributed by atoms with Gasteiger partial charge in [0.05, 0.1) is 0 Å². The van der Waals surface area contributed by atoms with Crippen LogP contribution in [0.15, 0.2) is 120 Å². The van der Waals surface area contributed by atoms with E-state index in [1.165, 1.54) is 142 Å². The Morgan fingerprint density at radius 3 is 1.11 bits per heavy atom. The number of benzene rings is 6. The number of fused-ring (bicyclic) bond motifs is 4. The van der Waals surface area contributed by atoms with Crippen molar-refractivity contribution in [2.45, 2.75) is 77.8 Å². The van der Waals surface area contributed by atoms with Gasteiger partial charge in [0.1, 0.15) is 16.1 Å². The molecule has 0 radical (unpaired) electrons. The van der Waals surface area contributed by atoms with Gasteiger partial charge in [-0.05, 0) is 161 Å². The maximum absolute atomic E-state index is 4.05. The first-order chi connectivity index (χ1) is 30.4. The first-order valence-corrected chi connectivity index (χ1v) is 31.0. The highest BCUT2D eigenvalue weighted by Crippen LogP contribution is 2.47. The summed E-state index contributed by atoms with van der Waals surface area (Å²) in [7, 11) is -3.52. The Balaban J connectivity index is 1.27. The Morgan fingerprint density at radius 1 is 0.371 bits per heavy atom. The topological polar surface area (TPSA) is 0 Å². The zero-order chi connectivity index (χ0) is 42.6. The lowest BCUT2D eigenvalue weighted by Gasteiger charge is -2.22. The number of rotatable bonds is 10. The van der Waals surface area contributed by atoms with Crippen molar-refractivity contribution in [1.29, 1.82) is 0 Å². The van der Waals surface area contributed by atoms with E-state index in [1.54, 1.807) is 0 Å². The molecule has 0 unspecified atom stereocenters. The van der Waals surface area contributed by atoms with Crippen molar-refractivity contribution in [2.75, 3.05) is 0 Å². The van der Waals surface area contributed by atoms with Crippen LogP contribution < -0.4 is 0 Å². The van der Waals surface area contributed by atoms with Crippen LogP contribution in [-0.2, 0) is 0 Å². The number of thiophene rings is 4. The average Bonchev–Trinajstić information content (AvgIpc) is 4.18. The van der Waals surface area contributed by atoms with E-state index >= 15 is 0 Å². The van der Waals surface area contributed by atoms with Gasteiger partial charge < -0.3 is 0 Å². The predicted octanol–water partition coefficient (Wildman–Crippen LogP) is 18.6. The maximum atomic E-state index is 4.05. The summed E-state index contributed by atoms with van der Waals surface area (Å²) in [5.41, 5.74) is 13.0. The van der Waals surface area contributed by atoms with Crippen molar-refractivity contribution in [3.63, 3.8) is 0 Å². The molecule has 0 aliphatic heterocycles. The molecule has 62 heavy (non-hydrogen) atoms. The lowest BCUT2D eigenvalue weighted by atomic mass is 9.84. The molecule has 0 saturated heterocycles. The fourth-order valence-electron chi connectivity index (χ4n) is 9.71. The van der Waals surface area contributed by atoms with Gasteiger partial charge in [-0.15, -0.1) is 56.4 Å². The van der Waals surface area contributed by atoms with Gasteiger partial charge in [-0.25, -0.2) is 0 Å². The van der Waals surface area contributed by atoms with Crippen LogP contribution in [0.1, 0.15) is 52.7 Å². The van der Waals surface area contributed by atoms with Crippen LogP contribution in [-0.4, -0.2) is 16.1 Å². The average molecular weight is 907 g/mol. The third kappa shape index (κ3) is 6.92. The predicted molar refractivity (Wildman–Crippen MR) is 287 cm³/mol. The Morgan fingerprint density at radius 2 is 0.742 bits per heavy atom. The molecule has 0 aliphatic rings. The van der Waals surface area contributed by atoms with Gasteiger partial charge in [-0.1, -0.05) is 114 Å². The zero-order valence-electron chi connectivity index (χ0n) is 36.4. The summed E-state index contributed by atoms with van der Waals surface area (Å²) in [6, 6.07) is 48.9. The quantitative estimate of drug-likeness (QED) is 0.0555. The van der Waals surface area contributed by atoms with Crippen LogP contribution in [0.2, 0.25) is 36.3 Å². The molecule has 10 aromatic rings. The second-order valence-corrected chi connectivity index (χ2v) is 30.7. The molecular weight excluding hydrogens is 857 g/mol. The lowest BCUT2D eigenvalue weighted by molar-refractivity contribution is 1.20. The summed E-state index contributed by atoms with van der Waals surface area (Å²) in [5, 5.41) is 17.2. The molecule has 10 rings (SSSR count). The first kappa shape index (κ1) is 41.3. The van der Waals surface area contributed by atoms with Gasteiger partial charge in [-0.2, -0.15) is 0 Å². The molecule has 0 bridgehead atoms. The Bertz CT molecular complexity index is 3140. The van der Waals surface area contributed by atoms with Crippen LogP contribution >= 0.6 is 45.3 Å². The maximum Gasteiger partial charge on any atom is 0.138 e. The van der Waals surface area contributed by atoms with Gasteiger partial charge in [0.15, 0.2) is 0 Å². The molecule has 0 nitrogen and oxygen atoms in total. The van der Waals surface area contributed by atoms with Gasteiger partial charge in [0.25, 0.3) is 0 Å². The third-order valence-electron chi connectivity index (χ3n) is 14.1. The highest BCUT2D eigenvalue weighted by molar-refractivity contribution is 7.23. The second kappa shape index (κ2) is 16.7. The van der Waals surface area contributed by atoms with Crippen LogP contribution in [0.3, 0.4) is 0 Å². The van der Waals surface area contributed by atoms with Crippen LogP contribution in [0, 0.1) is 22.9 Å². The summed E-state index contributed by atoms with van der Waals surface area (Å²) in [6.45, 7) is 14.2. The second-order valence-electron chi connectivity index (χ2n) is 16.8. The molecule has 0 saturated carbocycles. The van der Waals surface area contributed by atoms with Crippen molar-refractivity contribution < 1.29 is 0 Å². The molecule has 306 valence electrons. The molecule has 0 spiro atoms. The molecule has 4 aromatic heterocycles. The van der Waals surface area contributed by atoms with E-state index in [1.807, 2.05) is 45.3 Å². The van der Waals surface area contributed by atoms with E-state index in [9.17, 15) is 0 Å². The minimum Gasteiger partial charge on any atom is -0.143 e. The smallest absolute Gasteiger partial charge is 0.138 e. The van der Waals surface area contributed by atoms with Crippen molar-refractivity contribution in [3.8, 4) is 63.3 Å². The Kier molecular flexibility index (Phi) is 11.1. The number of hydrogen-bond donors (Lipinski definition) is 0. The summed E-state index contributed by atoms with van der Waals surface area (Å²) in [4.78, 5) is 7.89. The highest BCUT2D eigenvalue weighted by Gasteiger charge is 2.27. The zero-order valence-corrected chi connectivity index (χ0v) is 41.7. The van der Waals surface area contributed by atoms with Gasteiger partial charge in [0.2, 0.25) is 0 Å². The molecule has 0 atom stereocenters. The lowest BCUT2D eigenvalue weighted by Crippen LogP contribution is -2.29. The molecule has 6 heteroatoms. The number of hydrogen-bond acceptors (Lipinski definition) is 4. The molecule has 6 aromatic carbocycles. The van der Waals surface area contributed by atoms with Crippen molar-refractivity contribution in [1.82, 2.24) is 0 Å². The summed E-state index contributed by atoms with van der Waals surface area (Å²) < 4.78 is 0. The summed E-state index contributed by atoms with van der Waals surface area (Å²) >= 11 is 7.38. The van der Waals surface area contributed by atoms with E-state index in [2.05, 4.69) is 184 Å². The fraction of sp³-hybridized carbons (Fsp3) is 0.214. The Labute approximate surface area is 384 Å². The minimum atomic E-state index is -1.76. The van der Waals surface area contributed by atoms with Gasteiger partial charge >= 0.3 is 0 Å². The van der Waals surface area contributed by atoms with Crippen molar-refractivity contribution in [3.05, 3.63) is 131 Å². The standard InChI is InChI=1S/C56H50S4Si2/c1-7-61(8-2,9-3)33-29-41-45-23-21-44-40-20-18-38(50-26-28-54(60-50)52-16-14-32-58-52)36-48(40)42(30-34-62(10-4,11-5)12-6)46-24-22-43(55(45)56(44)46)39-19-17-37(35-47(39)41)49-25-27-53(59-49)51-15-13-31-57-51/h13-28,31-32,35-36H,7-12H2,1-6H3. The van der Waals surface area contributed by atoms with Crippen LogP contribution in [0.5, 0.6) is 0 Å². The summed E-state index contributed by atoms with van der Waals surface area (Å²) in [5.74, 6) is 7.99. The van der Waals surface area contributed by atoms with E-state index in [0.717, 1.165) is 0 Å². The molecule has 0 N–H and O–H groups in total. The van der Waals surface area contributed by atoms with E-state index in [-0.39, 0.29) is 0 Å². The van der Waals surface area contributed by atoms with E-state index in [4.69, 9.17) is 0 Å². The molecule has 0 aliphatic carbocycles. The summed E-state index contributed by atoms with van der Waals surface area (Å²) in [6.07, 6.45) is 0.